The smallest absolute Gasteiger partial charge is 0.307 e. The largest absolute Gasteiger partial charge is 0.494 e. The van der Waals surface area contributed by atoms with E-state index in [0.717, 1.165) is 37.4 Å². The van der Waals surface area contributed by atoms with E-state index >= 15 is 0 Å². The molecule has 0 saturated heterocycles. The van der Waals surface area contributed by atoms with Crippen molar-refractivity contribution in [1.82, 2.24) is 4.90 Å². The molecule has 5 heteroatoms. The van der Waals surface area contributed by atoms with Gasteiger partial charge >= 0.3 is 5.97 Å². The predicted molar refractivity (Wildman–Crippen MR) is 136 cm³/mol. The molecule has 0 aromatic heterocycles. The van der Waals surface area contributed by atoms with E-state index in [0.29, 0.717) is 12.5 Å². The molecular weight excluding hydrogens is 430 g/mol. The highest BCUT2D eigenvalue weighted by Crippen LogP contribution is 2.20. The van der Waals surface area contributed by atoms with Gasteiger partial charge in [-0.15, -0.1) is 11.8 Å². The van der Waals surface area contributed by atoms with E-state index in [1.165, 1.54) is 16.0 Å². The van der Waals surface area contributed by atoms with Crippen LogP contribution in [0.25, 0.3) is 0 Å². The molecule has 174 valence electrons. The van der Waals surface area contributed by atoms with Gasteiger partial charge in [-0.05, 0) is 59.6 Å². The minimum absolute atomic E-state index is 0.0116. The summed E-state index contributed by atoms with van der Waals surface area (Å²) in [6.07, 6.45) is 3.01. The third-order valence-corrected chi connectivity index (χ3v) is 6.35. The normalized spacial score (nSPS) is 12.0. The van der Waals surface area contributed by atoms with Crippen LogP contribution in [0.4, 0.5) is 0 Å². The van der Waals surface area contributed by atoms with E-state index in [9.17, 15) is 4.79 Å². The third-order valence-electron chi connectivity index (χ3n) is 5.61. The van der Waals surface area contributed by atoms with E-state index in [2.05, 4.69) is 72.7 Å². The standard InChI is InChI=1S/C28H33NO3S/c1-22(25-9-4-3-5-10-25)20-29(21-23-12-14-27(33-2)15-13-23)16-7-17-32-26-11-6-8-24(18-26)19-28(30)31/h3-6,8-15,18,22H,7,16-17,19-21H2,1-2H3,(H,30,31)/t22-/m1/s1. The maximum Gasteiger partial charge on any atom is 0.307 e. The molecule has 0 aliphatic heterocycles. The van der Waals surface area contributed by atoms with Gasteiger partial charge in [-0.1, -0.05) is 61.5 Å². The van der Waals surface area contributed by atoms with Gasteiger partial charge in [-0.25, -0.2) is 0 Å². The van der Waals surface area contributed by atoms with Gasteiger partial charge in [-0.3, -0.25) is 9.69 Å². The molecule has 0 radical (unpaired) electrons. The first-order valence-electron chi connectivity index (χ1n) is 11.4. The van der Waals surface area contributed by atoms with Crippen LogP contribution in [0.2, 0.25) is 0 Å². The lowest BCUT2D eigenvalue weighted by molar-refractivity contribution is -0.136. The number of hydrogen-bond acceptors (Lipinski definition) is 4. The number of carboxylic acid groups (broad SMARTS) is 1. The molecule has 1 N–H and O–H groups in total. The number of aliphatic carboxylic acids is 1. The van der Waals surface area contributed by atoms with Gasteiger partial charge in [0.2, 0.25) is 0 Å². The van der Waals surface area contributed by atoms with Crippen molar-refractivity contribution in [2.24, 2.45) is 0 Å². The van der Waals surface area contributed by atoms with Crippen LogP contribution in [0.15, 0.2) is 83.8 Å². The lowest BCUT2D eigenvalue weighted by atomic mass is 10.0. The summed E-state index contributed by atoms with van der Waals surface area (Å²) in [5.74, 6) is 0.330. The zero-order chi connectivity index (χ0) is 23.5. The van der Waals surface area contributed by atoms with Crippen LogP contribution in [0.5, 0.6) is 5.75 Å². The van der Waals surface area contributed by atoms with Gasteiger partial charge in [-0.2, -0.15) is 0 Å². The first-order valence-corrected chi connectivity index (χ1v) is 12.6. The molecule has 0 fully saturated rings. The summed E-state index contributed by atoms with van der Waals surface area (Å²) in [6, 6.07) is 26.8. The van der Waals surface area contributed by atoms with Crippen molar-refractivity contribution >= 4 is 17.7 Å². The van der Waals surface area contributed by atoms with Crippen molar-refractivity contribution in [1.29, 1.82) is 0 Å². The van der Waals surface area contributed by atoms with Crippen molar-refractivity contribution in [3.8, 4) is 5.75 Å². The SMILES string of the molecule is CSc1ccc(CN(CCCOc2cccc(CC(=O)O)c2)C[C@@H](C)c2ccccc2)cc1. The van der Waals surface area contributed by atoms with Crippen LogP contribution in [-0.4, -0.2) is 41.9 Å². The molecule has 0 unspecified atom stereocenters. The Kier molecular flexibility index (Phi) is 9.85. The highest BCUT2D eigenvalue weighted by atomic mass is 32.2. The van der Waals surface area contributed by atoms with Crippen molar-refractivity contribution in [2.45, 2.75) is 37.1 Å². The maximum atomic E-state index is 10.9. The molecule has 3 aromatic rings. The van der Waals surface area contributed by atoms with Crippen LogP contribution in [0.1, 0.15) is 36.0 Å². The van der Waals surface area contributed by atoms with E-state index in [1.807, 2.05) is 24.3 Å². The summed E-state index contributed by atoms with van der Waals surface area (Å²) in [5, 5.41) is 8.99. The fraction of sp³-hybridized carbons (Fsp3) is 0.321. The topological polar surface area (TPSA) is 49.8 Å². The fourth-order valence-corrected chi connectivity index (χ4v) is 4.30. The Morgan fingerprint density at radius 3 is 2.45 bits per heavy atom. The van der Waals surface area contributed by atoms with Gasteiger partial charge < -0.3 is 9.84 Å². The lowest BCUT2D eigenvalue weighted by Gasteiger charge is -2.26. The molecule has 0 saturated carbocycles. The van der Waals surface area contributed by atoms with Crippen LogP contribution in [-0.2, 0) is 17.8 Å². The van der Waals surface area contributed by atoms with Gasteiger partial charge in [0.25, 0.3) is 0 Å². The molecule has 0 bridgehead atoms. The fourth-order valence-electron chi connectivity index (χ4n) is 3.90. The van der Waals surface area contributed by atoms with Crippen LogP contribution >= 0.6 is 11.8 Å². The molecule has 0 spiro atoms. The Morgan fingerprint density at radius 1 is 1.00 bits per heavy atom. The van der Waals surface area contributed by atoms with E-state index in [4.69, 9.17) is 9.84 Å². The lowest BCUT2D eigenvalue weighted by Crippen LogP contribution is -2.29. The molecule has 0 amide bonds. The van der Waals surface area contributed by atoms with Gasteiger partial charge in [0.05, 0.1) is 13.0 Å². The Labute approximate surface area is 201 Å². The molecule has 33 heavy (non-hydrogen) atoms. The number of benzene rings is 3. The average Bonchev–Trinajstić information content (AvgIpc) is 2.82. The van der Waals surface area contributed by atoms with Crippen molar-refractivity contribution < 1.29 is 14.6 Å². The van der Waals surface area contributed by atoms with Crippen LogP contribution < -0.4 is 4.74 Å². The zero-order valence-corrected chi connectivity index (χ0v) is 20.3. The maximum absolute atomic E-state index is 10.9. The average molecular weight is 464 g/mol. The molecule has 0 heterocycles. The van der Waals surface area contributed by atoms with Crippen LogP contribution in [0, 0.1) is 0 Å². The van der Waals surface area contributed by atoms with Crippen molar-refractivity contribution in [2.75, 3.05) is 26.0 Å². The second-order valence-corrected chi connectivity index (χ2v) is 9.19. The van der Waals surface area contributed by atoms with E-state index in [-0.39, 0.29) is 6.42 Å². The molecule has 1 atom stereocenters. The molecule has 0 aliphatic carbocycles. The first kappa shape index (κ1) is 24.9. The minimum atomic E-state index is -0.833. The summed E-state index contributed by atoms with van der Waals surface area (Å²) in [4.78, 5) is 14.7. The zero-order valence-electron chi connectivity index (χ0n) is 19.4. The Hall–Kier alpha value is -2.76. The van der Waals surface area contributed by atoms with E-state index < -0.39 is 5.97 Å². The Balaban J connectivity index is 1.58. The van der Waals surface area contributed by atoms with Crippen LogP contribution in [0.3, 0.4) is 0 Å². The first-order chi connectivity index (χ1) is 16.0. The van der Waals surface area contributed by atoms with E-state index in [1.54, 1.807) is 11.8 Å². The Bertz CT molecular complexity index is 992. The monoisotopic (exact) mass is 463 g/mol. The number of hydrogen-bond donors (Lipinski definition) is 1. The summed E-state index contributed by atoms with van der Waals surface area (Å²) in [7, 11) is 0. The molecule has 0 aliphatic rings. The number of carboxylic acids is 1. The summed E-state index contributed by atoms with van der Waals surface area (Å²) >= 11 is 1.76. The molecule has 3 rings (SSSR count). The van der Waals surface area contributed by atoms with Gasteiger partial charge in [0, 0.05) is 24.5 Å². The summed E-state index contributed by atoms with van der Waals surface area (Å²) < 4.78 is 5.93. The van der Waals surface area contributed by atoms with Gasteiger partial charge in [0.1, 0.15) is 5.75 Å². The minimum Gasteiger partial charge on any atom is -0.494 e. The quantitative estimate of drug-likeness (QED) is 0.245. The van der Waals surface area contributed by atoms with Crippen molar-refractivity contribution in [3.63, 3.8) is 0 Å². The number of nitrogens with zero attached hydrogens (tertiary/aromatic N) is 1. The number of rotatable bonds is 13. The van der Waals surface area contributed by atoms with Crippen molar-refractivity contribution in [3.05, 3.63) is 95.6 Å². The Morgan fingerprint density at radius 2 is 1.76 bits per heavy atom. The molecule has 3 aromatic carbocycles. The molecular formula is C28H33NO3S. The second kappa shape index (κ2) is 13.1. The molecule has 4 nitrogen and oxygen atoms in total. The second-order valence-electron chi connectivity index (χ2n) is 8.31. The summed E-state index contributed by atoms with van der Waals surface area (Å²) in [6.45, 7) is 5.68. The number of thioether (sulfide) groups is 1. The summed E-state index contributed by atoms with van der Waals surface area (Å²) in [5.41, 5.74) is 3.43. The number of carbonyl (C=O) groups is 1. The predicted octanol–water partition coefficient (Wildman–Crippen LogP) is 6.11. The third kappa shape index (κ3) is 8.60. The van der Waals surface area contributed by atoms with Gasteiger partial charge in [0.15, 0.2) is 0 Å². The number of ether oxygens (including phenoxy) is 1. The highest BCUT2D eigenvalue weighted by molar-refractivity contribution is 7.98. The highest BCUT2D eigenvalue weighted by Gasteiger charge is 2.13.